The van der Waals surface area contributed by atoms with Gasteiger partial charge in [-0.3, -0.25) is 4.79 Å². The largest absolute Gasteiger partial charge is 0.507 e. The summed E-state index contributed by atoms with van der Waals surface area (Å²) in [6, 6.07) is 10.3. The highest BCUT2D eigenvalue weighted by molar-refractivity contribution is 9.10. The zero-order valence-corrected chi connectivity index (χ0v) is 14.2. The molecule has 0 aliphatic heterocycles. The molecule has 0 aromatic heterocycles. The molecule has 7 heteroatoms. The van der Waals surface area contributed by atoms with Crippen LogP contribution < -0.4 is 5.32 Å². The van der Waals surface area contributed by atoms with Crippen LogP contribution in [0, 0.1) is 5.82 Å². The molecule has 126 valence electrons. The van der Waals surface area contributed by atoms with Gasteiger partial charge in [-0.15, -0.1) is 0 Å². The van der Waals surface area contributed by atoms with Crippen LogP contribution in [0.1, 0.15) is 15.9 Å². The van der Waals surface area contributed by atoms with Crippen LogP contribution in [0.15, 0.2) is 46.9 Å². The Balaban J connectivity index is 1.75. The lowest BCUT2D eigenvalue weighted by Crippen LogP contribution is -2.30. The minimum atomic E-state index is -0.789. The molecule has 0 saturated carbocycles. The Kier molecular flexibility index (Phi) is 6.31. The van der Waals surface area contributed by atoms with Crippen LogP contribution in [0.4, 0.5) is 4.39 Å². The lowest BCUT2D eigenvalue weighted by molar-refractivity contribution is -0.124. The first-order chi connectivity index (χ1) is 11.5. The Morgan fingerprint density at radius 2 is 1.88 bits per heavy atom. The van der Waals surface area contributed by atoms with E-state index in [2.05, 4.69) is 21.2 Å². The Labute approximate surface area is 146 Å². The predicted molar refractivity (Wildman–Crippen MR) is 89.2 cm³/mol. The number of rotatable bonds is 6. The Morgan fingerprint density at radius 3 is 2.58 bits per heavy atom. The van der Waals surface area contributed by atoms with E-state index in [0.29, 0.717) is 17.4 Å². The van der Waals surface area contributed by atoms with E-state index in [0.717, 1.165) is 5.56 Å². The molecular formula is C17H15BrFNO4. The number of hydrogen-bond acceptors (Lipinski definition) is 4. The number of phenolic OH excluding ortho intramolecular Hbond substituents is 1. The number of benzene rings is 2. The van der Waals surface area contributed by atoms with Crippen LogP contribution >= 0.6 is 15.9 Å². The van der Waals surface area contributed by atoms with E-state index >= 15 is 0 Å². The summed E-state index contributed by atoms with van der Waals surface area (Å²) in [4.78, 5) is 23.5. The molecule has 0 unspecified atom stereocenters. The molecule has 2 rings (SSSR count). The van der Waals surface area contributed by atoms with Gasteiger partial charge in [0, 0.05) is 11.0 Å². The number of aromatic hydroxyl groups is 1. The van der Waals surface area contributed by atoms with Gasteiger partial charge >= 0.3 is 5.97 Å². The molecule has 1 amide bonds. The molecule has 2 N–H and O–H groups in total. The molecular weight excluding hydrogens is 381 g/mol. The van der Waals surface area contributed by atoms with Crippen LogP contribution in [0.3, 0.4) is 0 Å². The summed E-state index contributed by atoms with van der Waals surface area (Å²) in [5, 5.41) is 12.2. The summed E-state index contributed by atoms with van der Waals surface area (Å²) < 4.78 is 18.2. The molecule has 0 atom stereocenters. The van der Waals surface area contributed by atoms with Crippen molar-refractivity contribution in [3.05, 3.63) is 63.9 Å². The van der Waals surface area contributed by atoms with E-state index in [4.69, 9.17) is 4.74 Å². The first-order valence-corrected chi connectivity index (χ1v) is 7.92. The van der Waals surface area contributed by atoms with E-state index in [1.54, 1.807) is 18.2 Å². The molecule has 5 nitrogen and oxygen atoms in total. The topological polar surface area (TPSA) is 75.6 Å². The first-order valence-electron chi connectivity index (χ1n) is 7.12. The van der Waals surface area contributed by atoms with E-state index in [1.807, 2.05) is 0 Å². The van der Waals surface area contributed by atoms with Gasteiger partial charge in [-0.25, -0.2) is 9.18 Å². The van der Waals surface area contributed by atoms with Crippen molar-refractivity contribution in [3.8, 4) is 5.75 Å². The molecule has 24 heavy (non-hydrogen) atoms. The average molecular weight is 396 g/mol. The predicted octanol–water partition coefficient (Wildman–Crippen LogP) is 2.81. The fourth-order valence-electron chi connectivity index (χ4n) is 1.93. The van der Waals surface area contributed by atoms with Crippen LogP contribution in [-0.4, -0.2) is 30.1 Å². The third-order valence-electron chi connectivity index (χ3n) is 3.16. The third-order valence-corrected chi connectivity index (χ3v) is 3.66. The zero-order valence-electron chi connectivity index (χ0n) is 12.6. The number of carbonyl (C=O) groups is 2. The van der Waals surface area contributed by atoms with Gasteiger partial charge in [0.15, 0.2) is 6.61 Å². The summed E-state index contributed by atoms with van der Waals surface area (Å²) >= 11 is 3.18. The Hall–Kier alpha value is -2.41. The molecule has 0 aliphatic carbocycles. The molecule has 0 spiro atoms. The number of hydrogen-bond donors (Lipinski definition) is 2. The number of phenols is 1. The van der Waals surface area contributed by atoms with Gasteiger partial charge in [-0.1, -0.05) is 28.1 Å². The highest BCUT2D eigenvalue weighted by Gasteiger charge is 2.14. The van der Waals surface area contributed by atoms with Crippen molar-refractivity contribution in [1.29, 1.82) is 0 Å². The smallest absolute Gasteiger partial charge is 0.342 e. The van der Waals surface area contributed by atoms with Gasteiger partial charge in [-0.05, 0) is 42.3 Å². The molecule has 0 bridgehead atoms. The van der Waals surface area contributed by atoms with Gasteiger partial charge in [0.05, 0.1) is 0 Å². The normalized spacial score (nSPS) is 10.2. The van der Waals surface area contributed by atoms with Crippen molar-refractivity contribution in [2.75, 3.05) is 13.2 Å². The monoisotopic (exact) mass is 395 g/mol. The second-order valence-electron chi connectivity index (χ2n) is 4.96. The van der Waals surface area contributed by atoms with E-state index in [-0.39, 0.29) is 17.1 Å². The molecule has 0 heterocycles. The number of nitrogens with one attached hydrogen (secondary N) is 1. The maximum atomic E-state index is 12.8. The Bertz CT molecular complexity index is 734. The third kappa shape index (κ3) is 5.34. The summed E-state index contributed by atoms with van der Waals surface area (Å²) in [5.74, 6) is -1.78. The highest BCUT2D eigenvalue weighted by atomic mass is 79.9. The number of amides is 1. The van der Waals surface area contributed by atoms with Crippen LogP contribution in [0.25, 0.3) is 0 Å². The summed E-state index contributed by atoms with van der Waals surface area (Å²) in [5.41, 5.74) is 0.858. The van der Waals surface area contributed by atoms with Crippen molar-refractivity contribution in [2.45, 2.75) is 6.42 Å². The lowest BCUT2D eigenvalue weighted by atomic mass is 10.1. The van der Waals surface area contributed by atoms with Gasteiger partial charge < -0.3 is 15.2 Å². The van der Waals surface area contributed by atoms with Gasteiger partial charge in [-0.2, -0.15) is 0 Å². The van der Waals surface area contributed by atoms with Crippen molar-refractivity contribution < 1.29 is 23.8 Å². The highest BCUT2D eigenvalue weighted by Crippen LogP contribution is 2.22. The van der Waals surface area contributed by atoms with Crippen molar-refractivity contribution in [1.82, 2.24) is 5.32 Å². The second-order valence-corrected chi connectivity index (χ2v) is 5.88. The minimum Gasteiger partial charge on any atom is -0.507 e. The zero-order chi connectivity index (χ0) is 17.5. The number of carbonyl (C=O) groups excluding carboxylic acids is 2. The van der Waals surface area contributed by atoms with Crippen LogP contribution in [0.2, 0.25) is 0 Å². The summed E-state index contributed by atoms with van der Waals surface area (Å²) in [6.07, 6.45) is 0.534. The van der Waals surface area contributed by atoms with Gasteiger partial charge in [0.1, 0.15) is 17.1 Å². The van der Waals surface area contributed by atoms with E-state index in [9.17, 15) is 19.1 Å². The summed E-state index contributed by atoms with van der Waals surface area (Å²) in [6.45, 7) is -0.113. The maximum absolute atomic E-state index is 12.8. The van der Waals surface area contributed by atoms with Crippen LogP contribution in [0.5, 0.6) is 5.75 Å². The molecule has 0 radical (unpaired) electrons. The van der Waals surface area contributed by atoms with Crippen molar-refractivity contribution >= 4 is 27.8 Å². The Morgan fingerprint density at radius 1 is 1.17 bits per heavy atom. The fraction of sp³-hybridized carbons (Fsp3) is 0.176. The minimum absolute atomic E-state index is 0.0245. The number of halogens is 2. The van der Waals surface area contributed by atoms with Crippen LogP contribution in [-0.2, 0) is 16.0 Å². The SMILES string of the molecule is O=C(COC(=O)c1cc(Br)ccc1O)NCCc1ccc(F)cc1. The van der Waals surface area contributed by atoms with Gasteiger partial charge in [0.25, 0.3) is 5.91 Å². The standard InChI is InChI=1S/C17H15BrFNO4/c18-12-3-6-15(21)14(9-12)17(23)24-10-16(22)20-8-7-11-1-4-13(19)5-2-11/h1-6,9,21H,7-8,10H2,(H,20,22). The molecule has 0 saturated heterocycles. The van der Waals surface area contributed by atoms with Gasteiger partial charge in [0.2, 0.25) is 0 Å². The van der Waals surface area contributed by atoms with E-state index < -0.39 is 18.5 Å². The fourth-order valence-corrected chi connectivity index (χ4v) is 2.29. The van der Waals surface area contributed by atoms with Crippen molar-refractivity contribution in [3.63, 3.8) is 0 Å². The maximum Gasteiger partial charge on any atom is 0.342 e. The summed E-state index contributed by atoms with van der Waals surface area (Å²) in [7, 11) is 0. The number of ether oxygens (including phenoxy) is 1. The second kappa shape index (κ2) is 8.44. The molecule has 2 aromatic rings. The molecule has 0 aliphatic rings. The van der Waals surface area contributed by atoms with Crippen molar-refractivity contribution in [2.24, 2.45) is 0 Å². The number of esters is 1. The average Bonchev–Trinajstić information content (AvgIpc) is 2.56. The molecule has 0 fully saturated rings. The van der Waals surface area contributed by atoms with E-state index in [1.165, 1.54) is 24.3 Å². The molecule has 2 aromatic carbocycles. The first kappa shape index (κ1) is 17.9. The lowest BCUT2D eigenvalue weighted by Gasteiger charge is -2.08. The quantitative estimate of drug-likeness (QED) is 0.737.